The largest absolute Gasteiger partial charge is 0.398 e. The Bertz CT molecular complexity index is 566. The van der Waals surface area contributed by atoms with Gasteiger partial charge in [-0.3, -0.25) is 11.3 Å². The maximum absolute atomic E-state index is 6.05. The number of imidazole rings is 1. The van der Waals surface area contributed by atoms with Crippen molar-refractivity contribution in [3.8, 4) is 0 Å². The van der Waals surface area contributed by atoms with Gasteiger partial charge in [0.2, 0.25) is 0 Å². The van der Waals surface area contributed by atoms with Crippen LogP contribution >= 0.6 is 15.9 Å². The van der Waals surface area contributed by atoms with Gasteiger partial charge in [-0.2, -0.15) is 0 Å². The number of nitrogens with one attached hydrogen (secondary N) is 1. The van der Waals surface area contributed by atoms with E-state index in [2.05, 4.69) is 37.8 Å². The number of benzene rings is 1. The summed E-state index contributed by atoms with van der Waals surface area (Å²) in [5.74, 6) is 6.71. The highest BCUT2D eigenvalue weighted by Gasteiger charge is 2.16. The molecule has 5 nitrogen and oxygen atoms in total. The number of aryl methyl sites for hydroxylation is 1. The van der Waals surface area contributed by atoms with Gasteiger partial charge in [0.15, 0.2) is 0 Å². The third-order valence-corrected chi connectivity index (χ3v) is 3.77. The zero-order valence-electron chi connectivity index (χ0n) is 11.5. The summed E-state index contributed by atoms with van der Waals surface area (Å²) < 4.78 is 3.14. The van der Waals surface area contributed by atoms with Crippen LogP contribution in [0.2, 0.25) is 0 Å². The quantitative estimate of drug-likeness (QED) is 0.429. The molecule has 2 aromatic rings. The predicted molar refractivity (Wildman–Crippen MR) is 84.8 cm³/mol. The molecule has 0 spiro atoms. The second kappa shape index (κ2) is 6.88. The number of nitrogen functional groups attached to an aromatic ring is 1. The van der Waals surface area contributed by atoms with Gasteiger partial charge >= 0.3 is 0 Å². The van der Waals surface area contributed by atoms with Crippen molar-refractivity contribution in [2.75, 3.05) is 5.73 Å². The minimum atomic E-state index is -0.0643. The van der Waals surface area contributed by atoms with Crippen LogP contribution in [-0.4, -0.2) is 9.55 Å². The Kier molecular flexibility index (Phi) is 5.17. The summed E-state index contributed by atoms with van der Waals surface area (Å²) in [5.41, 5.74) is 10.6. The SMILES string of the molecule is CCCn1ccnc1CC(NN)c1cc(Br)ccc1N. The number of anilines is 1. The van der Waals surface area contributed by atoms with Gasteiger partial charge in [0.25, 0.3) is 0 Å². The highest BCUT2D eigenvalue weighted by atomic mass is 79.9. The van der Waals surface area contributed by atoms with Gasteiger partial charge in [-0.05, 0) is 30.2 Å². The van der Waals surface area contributed by atoms with E-state index in [1.165, 1.54) is 0 Å². The van der Waals surface area contributed by atoms with E-state index in [1.54, 1.807) is 0 Å². The molecule has 1 aromatic heterocycles. The molecule has 2 rings (SSSR count). The molecule has 0 aliphatic rings. The number of aromatic nitrogens is 2. The Hall–Kier alpha value is -1.37. The fraction of sp³-hybridized carbons (Fsp3) is 0.357. The van der Waals surface area contributed by atoms with Crippen LogP contribution in [0.5, 0.6) is 0 Å². The Labute approximate surface area is 127 Å². The molecule has 0 amide bonds. The number of nitrogens with two attached hydrogens (primary N) is 2. The lowest BCUT2D eigenvalue weighted by Gasteiger charge is -2.19. The maximum Gasteiger partial charge on any atom is 0.110 e. The molecular weight excluding hydrogens is 318 g/mol. The minimum Gasteiger partial charge on any atom is -0.398 e. The van der Waals surface area contributed by atoms with Gasteiger partial charge < -0.3 is 10.3 Å². The van der Waals surface area contributed by atoms with E-state index in [0.29, 0.717) is 6.42 Å². The molecule has 0 aliphatic carbocycles. The van der Waals surface area contributed by atoms with Gasteiger partial charge in [0.1, 0.15) is 5.82 Å². The molecule has 108 valence electrons. The van der Waals surface area contributed by atoms with Crippen molar-refractivity contribution in [1.82, 2.24) is 15.0 Å². The van der Waals surface area contributed by atoms with Crippen molar-refractivity contribution in [3.63, 3.8) is 0 Å². The number of hydrogen-bond acceptors (Lipinski definition) is 4. The van der Waals surface area contributed by atoms with Crippen molar-refractivity contribution >= 4 is 21.6 Å². The second-order valence-electron chi connectivity index (χ2n) is 4.73. The molecule has 0 saturated heterocycles. The average Bonchev–Trinajstić information content (AvgIpc) is 2.87. The van der Waals surface area contributed by atoms with Gasteiger partial charge in [-0.15, -0.1) is 0 Å². The summed E-state index contributed by atoms with van der Waals surface area (Å²) in [6.07, 6.45) is 5.59. The van der Waals surface area contributed by atoms with E-state index < -0.39 is 0 Å². The molecule has 0 saturated carbocycles. The van der Waals surface area contributed by atoms with Crippen LogP contribution in [0.1, 0.15) is 30.8 Å². The van der Waals surface area contributed by atoms with Crippen molar-refractivity contribution < 1.29 is 0 Å². The highest BCUT2D eigenvalue weighted by molar-refractivity contribution is 9.10. The first-order valence-electron chi connectivity index (χ1n) is 6.66. The zero-order chi connectivity index (χ0) is 14.5. The van der Waals surface area contributed by atoms with Crippen LogP contribution in [0.25, 0.3) is 0 Å². The third-order valence-electron chi connectivity index (χ3n) is 3.28. The molecule has 20 heavy (non-hydrogen) atoms. The summed E-state index contributed by atoms with van der Waals surface area (Å²) in [6.45, 7) is 3.11. The molecule has 0 fully saturated rings. The lowest BCUT2D eigenvalue weighted by molar-refractivity contribution is 0.518. The predicted octanol–water partition coefficient (Wildman–Crippen LogP) is 2.38. The van der Waals surface area contributed by atoms with E-state index in [0.717, 1.165) is 34.5 Å². The first kappa shape index (κ1) is 15.0. The molecule has 1 heterocycles. The Morgan fingerprint density at radius 1 is 1.45 bits per heavy atom. The molecule has 0 radical (unpaired) electrons. The molecular formula is C14H20BrN5. The number of nitrogens with zero attached hydrogens (tertiary/aromatic N) is 2. The number of rotatable bonds is 6. The second-order valence-corrected chi connectivity index (χ2v) is 5.65. The van der Waals surface area contributed by atoms with Crippen LogP contribution in [0.4, 0.5) is 5.69 Å². The van der Waals surface area contributed by atoms with Crippen LogP contribution in [0, 0.1) is 0 Å². The van der Waals surface area contributed by atoms with E-state index in [-0.39, 0.29) is 6.04 Å². The van der Waals surface area contributed by atoms with Crippen LogP contribution in [0.3, 0.4) is 0 Å². The first-order chi connectivity index (χ1) is 9.65. The molecule has 1 aromatic carbocycles. The standard InChI is InChI=1S/C14H20BrN5/c1-2-6-20-7-5-18-14(20)9-13(19-17)11-8-10(15)3-4-12(11)16/h3-5,7-8,13,19H,2,6,9,16-17H2,1H3. The zero-order valence-corrected chi connectivity index (χ0v) is 13.1. The Morgan fingerprint density at radius 2 is 2.25 bits per heavy atom. The Balaban J connectivity index is 2.24. The van der Waals surface area contributed by atoms with Gasteiger partial charge in [0.05, 0.1) is 6.04 Å². The van der Waals surface area contributed by atoms with Gasteiger partial charge in [-0.1, -0.05) is 22.9 Å². The van der Waals surface area contributed by atoms with E-state index in [9.17, 15) is 0 Å². The fourth-order valence-corrected chi connectivity index (χ4v) is 2.64. The van der Waals surface area contributed by atoms with Crippen molar-refractivity contribution in [3.05, 3.63) is 46.5 Å². The fourth-order valence-electron chi connectivity index (χ4n) is 2.26. The normalized spacial score (nSPS) is 12.6. The van der Waals surface area contributed by atoms with E-state index in [4.69, 9.17) is 11.6 Å². The molecule has 1 atom stereocenters. The van der Waals surface area contributed by atoms with Crippen molar-refractivity contribution in [1.29, 1.82) is 0 Å². The monoisotopic (exact) mass is 337 g/mol. The summed E-state index contributed by atoms with van der Waals surface area (Å²) in [5, 5.41) is 0. The maximum atomic E-state index is 6.05. The lowest BCUT2D eigenvalue weighted by Crippen LogP contribution is -2.31. The van der Waals surface area contributed by atoms with Gasteiger partial charge in [-0.25, -0.2) is 4.98 Å². The van der Waals surface area contributed by atoms with Crippen LogP contribution in [-0.2, 0) is 13.0 Å². The van der Waals surface area contributed by atoms with Crippen LogP contribution in [0.15, 0.2) is 35.1 Å². The van der Waals surface area contributed by atoms with Crippen molar-refractivity contribution in [2.24, 2.45) is 5.84 Å². The number of halogens is 1. The Morgan fingerprint density at radius 3 is 2.95 bits per heavy atom. The summed E-state index contributed by atoms with van der Waals surface area (Å²) in [6, 6.07) is 5.73. The molecule has 5 N–H and O–H groups in total. The summed E-state index contributed by atoms with van der Waals surface area (Å²) >= 11 is 3.47. The van der Waals surface area contributed by atoms with Crippen LogP contribution < -0.4 is 17.0 Å². The molecule has 1 unspecified atom stereocenters. The minimum absolute atomic E-state index is 0.0643. The topological polar surface area (TPSA) is 81.9 Å². The molecule has 0 bridgehead atoms. The molecule has 6 heteroatoms. The first-order valence-corrected chi connectivity index (χ1v) is 7.46. The molecule has 0 aliphatic heterocycles. The third kappa shape index (κ3) is 3.39. The summed E-state index contributed by atoms with van der Waals surface area (Å²) in [4.78, 5) is 4.42. The smallest absolute Gasteiger partial charge is 0.110 e. The summed E-state index contributed by atoms with van der Waals surface area (Å²) in [7, 11) is 0. The number of hydrazine groups is 1. The van der Waals surface area contributed by atoms with Gasteiger partial charge in [0, 0.05) is 35.5 Å². The highest BCUT2D eigenvalue weighted by Crippen LogP contribution is 2.26. The number of hydrogen-bond donors (Lipinski definition) is 3. The lowest BCUT2D eigenvalue weighted by atomic mass is 10.0. The van der Waals surface area contributed by atoms with E-state index >= 15 is 0 Å². The van der Waals surface area contributed by atoms with E-state index in [1.807, 2.05) is 30.6 Å². The average molecular weight is 338 g/mol. The van der Waals surface area contributed by atoms with Crippen molar-refractivity contribution in [2.45, 2.75) is 32.4 Å².